The Hall–Kier alpha value is -7.42. The molecule has 0 spiro atoms. The van der Waals surface area contributed by atoms with Gasteiger partial charge in [0.25, 0.3) is 0 Å². The highest BCUT2D eigenvalue weighted by Gasteiger charge is 2.37. The lowest BCUT2D eigenvalue weighted by Gasteiger charge is -2.23. The summed E-state index contributed by atoms with van der Waals surface area (Å²) in [6, 6.07) is 74.3. The summed E-state index contributed by atoms with van der Waals surface area (Å²) in [5, 5.41) is 4.98. The van der Waals surface area contributed by atoms with Crippen LogP contribution in [0.4, 0.5) is 0 Å². The first-order valence-corrected chi connectivity index (χ1v) is 20.4. The SMILES string of the molecule is CC1(C)c2cc(-c3cccc(-c4ccc(-c5cc(-c6cccc(-c7ccccc7)c6)nc(-c6ccccc6)n5)c5ccccc45)c3)ccc2-c2ccc3ccccc3c21. The fourth-order valence-corrected chi connectivity index (χ4v) is 9.36. The highest BCUT2D eigenvalue weighted by molar-refractivity contribution is 6.05. The minimum atomic E-state index is -0.114. The average Bonchev–Trinajstić information content (AvgIpc) is 3.54. The molecule has 10 aromatic rings. The number of fused-ring (bicyclic) bond motifs is 6. The van der Waals surface area contributed by atoms with E-state index in [-0.39, 0.29) is 5.41 Å². The van der Waals surface area contributed by atoms with E-state index in [0.29, 0.717) is 5.82 Å². The predicted octanol–water partition coefficient (Wildman–Crippen LogP) is 15.1. The summed E-state index contributed by atoms with van der Waals surface area (Å²) >= 11 is 0. The molecule has 0 atom stereocenters. The zero-order valence-electron chi connectivity index (χ0n) is 33.0. The molecule has 1 heterocycles. The zero-order valence-corrected chi connectivity index (χ0v) is 33.0. The van der Waals surface area contributed by atoms with Gasteiger partial charge in [0.05, 0.1) is 11.4 Å². The van der Waals surface area contributed by atoms with Crippen LogP contribution in [0, 0.1) is 0 Å². The third kappa shape index (κ3) is 5.96. The largest absolute Gasteiger partial charge is 0.228 e. The average molecular weight is 753 g/mol. The molecule has 1 aromatic heterocycles. The second kappa shape index (κ2) is 13.9. The van der Waals surface area contributed by atoms with E-state index in [1.807, 2.05) is 18.2 Å². The van der Waals surface area contributed by atoms with Gasteiger partial charge in [-0.15, -0.1) is 0 Å². The van der Waals surface area contributed by atoms with Crippen molar-refractivity contribution in [3.63, 3.8) is 0 Å². The Morgan fingerprint density at radius 1 is 0.322 bits per heavy atom. The zero-order chi connectivity index (χ0) is 39.5. The molecule has 0 unspecified atom stereocenters. The smallest absolute Gasteiger partial charge is 0.160 e. The molecule has 0 saturated carbocycles. The van der Waals surface area contributed by atoms with E-state index in [4.69, 9.17) is 9.97 Å². The molecule has 9 aromatic carbocycles. The van der Waals surface area contributed by atoms with Crippen LogP contribution in [0.3, 0.4) is 0 Å². The molecule has 59 heavy (non-hydrogen) atoms. The van der Waals surface area contributed by atoms with E-state index < -0.39 is 0 Å². The normalized spacial score (nSPS) is 12.7. The van der Waals surface area contributed by atoms with E-state index in [1.54, 1.807) is 0 Å². The molecule has 2 nitrogen and oxygen atoms in total. The van der Waals surface area contributed by atoms with Crippen molar-refractivity contribution in [3.8, 4) is 78.4 Å². The number of benzene rings is 9. The summed E-state index contributed by atoms with van der Waals surface area (Å²) in [7, 11) is 0. The maximum Gasteiger partial charge on any atom is 0.160 e. The lowest BCUT2D eigenvalue weighted by Crippen LogP contribution is -2.15. The molecular weight excluding hydrogens is 713 g/mol. The van der Waals surface area contributed by atoms with Crippen LogP contribution >= 0.6 is 0 Å². The lowest BCUT2D eigenvalue weighted by atomic mass is 9.79. The summed E-state index contributed by atoms with van der Waals surface area (Å²) in [6.07, 6.45) is 0. The van der Waals surface area contributed by atoms with E-state index in [9.17, 15) is 0 Å². The Bertz CT molecular complexity index is 3230. The number of hydrogen-bond acceptors (Lipinski definition) is 2. The van der Waals surface area contributed by atoms with Crippen LogP contribution in [0.2, 0.25) is 0 Å². The van der Waals surface area contributed by atoms with Gasteiger partial charge in [-0.3, -0.25) is 0 Å². The number of nitrogens with zero attached hydrogens (tertiary/aromatic N) is 2. The number of aromatic nitrogens is 2. The molecule has 278 valence electrons. The first kappa shape index (κ1) is 34.8. The first-order chi connectivity index (χ1) is 29.0. The Morgan fingerprint density at radius 3 is 1.63 bits per heavy atom. The summed E-state index contributed by atoms with van der Waals surface area (Å²) in [5.41, 5.74) is 17.4. The third-order valence-electron chi connectivity index (χ3n) is 12.3. The molecule has 0 aliphatic heterocycles. The van der Waals surface area contributed by atoms with Gasteiger partial charge in [-0.05, 0) is 101 Å². The number of rotatable bonds is 6. The highest BCUT2D eigenvalue weighted by atomic mass is 14.9. The summed E-state index contributed by atoms with van der Waals surface area (Å²) in [4.78, 5) is 10.4. The van der Waals surface area contributed by atoms with Gasteiger partial charge < -0.3 is 0 Å². The van der Waals surface area contributed by atoms with Gasteiger partial charge >= 0.3 is 0 Å². The molecule has 11 rings (SSSR count). The molecule has 1 aliphatic rings. The fourth-order valence-electron chi connectivity index (χ4n) is 9.36. The van der Waals surface area contributed by atoms with E-state index in [0.717, 1.165) is 39.0 Å². The topological polar surface area (TPSA) is 25.8 Å². The molecule has 0 bridgehead atoms. The Morgan fingerprint density at radius 2 is 0.847 bits per heavy atom. The Labute approximate surface area is 345 Å². The van der Waals surface area contributed by atoms with Gasteiger partial charge in [-0.2, -0.15) is 0 Å². The van der Waals surface area contributed by atoms with Crippen molar-refractivity contribution in [3.05, 3.63) is 217 Å². The predicted molar refractivity (Wildman–Crippen MR) is 247 cm³/mol. The molecule has 0 amide bonds. The quantitative estimate of drug-likeness (QED) is 0.169. The van der Waals surface area contributed by atoms with Crippen LogP contribution in [0.5, 0.6) is 0 Å². The van der Waals surface area contributed by atoms with Crippen LogP contribution in [0.1, 0.15) is 25.0 Å². The van der Waals surface area contributed by atoms with E-state index in [1.165, 1.54) is 66.2 Å². The van der Waals surface area contributed by atoms with Crippen LogP contribution in [-0.4, -0.2) is 9.97 Å². The van der Waals surface area contributed by atoms with Gasteiger partial charge in [-0.1, -0.05) is 196 Å². The lowest BCUT2D eigenvalue weighted by molar-refractivity contribution is 0.666. The van der Waals surface area contributed by atoms with Crippen LogP contribution in [0.15, 0.2) is 206 Å². The Balaban J connectivity index is 1.00. The van der Waals surface area contributed by atoms with Crippen molar-refractivity contribution in [1.82, 2.24) is 9.97 Å². The van der Waals surface area contributed by atoms with Crippen molar-refractivity contribution in [2.75, 3.05) is 0 Å². The maximum absolute atomic E-state index is 5.25. The Kier molecular flexibility index (Phi) is 8.20. The third-order valence-corrected chi connectivity index (χ3v) is 12.3. The van der Waals surface area contributed by atoms with Crippen molar-refractivity contribution in [2.24, 2.45) is 0 Å². The van der Waals surface area contributed by atoms with Gasteiger partial charge in [0.15, 0.2) is 5.82 Å². The minimum Gasteiger partial charge on any atom is -0.228 e. The standard InChI is InChI=1S/C57H40N2/c1-57(2)52-35-42(28-29-49(52)51-30-27-38-17-9-10-24-46(38)55(51)57)41-21-13-22-43(33-41)45-31-32-50(48-26-12-11-25-47(45)48)54-36-53(58-56(59-54)39-18-7-4-8-19-39)44-23-14-20-40(34-44)37-15-5-3-6-16-37/h3-36H,1-2H3. The molecule has 2 heteroatoms. The van der Waals surface area contributed by atoms with Gasteiger partial charge in [0, 0.05) is 22.1 Å². The highest BCUT2D eigenvalue weighted by Crippen LogP contribution is 2.52. The van der Waals surface area contributed by atoms with Crippen LogP contribution < -0.4 is 0 Å². The molecule has 0 radical (unpaired) electrons. The molecule has 0 saturated heterocycles. The van der Waals surface area contributed by atoms with Crippen molar-refractivity contribution >= 4 is 21.5 Å². The summed E-state index contributed by atoms with van der Waals surface area (Å²) in [6.45, 7) is 4.76. The number of hydrogen-bond donors (Lipinski definition) is 0. The van der Waals surface area contributed by atoms with Gasteiger partial charge in [0.2, 0.25) is 0 Å². The minimum absolute atomic E-state index is 0.114. The monoisotopic (exact) mass is 752 g/mol. The molecule has 1 aliphatic carbocycles. The van der Waals surface area contributed by atoms with Crippen LogP contribution in [0.25, 0.3) is 100.0 Å². The first-order valence-electron chi connectivity index (χ1n) is 20.4. The van der Waals surface area contributed by atoms with E-state index in [2.05, 4.69) is 202 Å². The van der Waals surface area contributed by atoms with Crippen molar-refractivity contribution in [1.29, 1.82) is 0 Å². The second-order valence-corrected chi connectivity index (χ2v) is 16.2. The molecular formula is C57H40N2. The fraction of sp³-hybridized carbons (Fsp3) is 0.0526. The maximum atomic E-state index is 5.25. The molecule has 0 N–H and O–H groups in total. The summed E-state index contributed by atoms with van der Waals surface area (Å²) < 4.78 is 0. The van der Waals surface area contributed by atoms with Crippen LogP contribution in [-0.2, 0) is 5.41 Å². The van der Waals surface area contributed by atoms with Crippen molar-refractivity contribution in [2.45, 2.75) is 19.3 Å². The van der Waals surface area contributed by atoms with Crippen molar-refractivity contribution < 1.29 is 0 Å². The van der Waals surface area contributed by atoms with Gasteiger partial charge in [0.1, 0.15) is 0 Å². The molecule has 0 fully saturated rings. The van der Waals surface area contributed by atoms with Gasteiger partial charge in [-0.25, -0.2) is 9.97 Å². The second-order valence-electron chi connectivity index (χ2n) is 16.2. The summed E-state index contributed by atoms with van der Waals surface area (Å²) in [5.74, 6) is 0.706. The van der Waals surface area contributed by atoms with E-state index >= 15 is 0 Å².